The highest BCUT2D eigenvalue weighted by Gasteiger charge is 2.47. The van der Waals surface area contributed by atoms with Gasteiger partial charge in [0.25, 0.3) is 0 Å². The number of nitrogens with one attached hydrogen (secondary N) is 1. The molecule has 2 aliphatic rings. The van der Waals surface area contributed by atoms with Crippen molar-refractivity contribution in [2.75, 3.05) is 5.32 Å². The van der Waals surface area contributed by atoms with E-state index in [1.165, 1.54) is 23.2 Å². The minimum Gasteiger partial charge on any atom is -0.324 e. The van der Waals surface area contributed by atoms with Gasteiger partial charge in [0.1, 0.15) is 12.4 Å². The van der Waals surface area contributed by atoms with Crippen LogP contribution < -0.4 is 5.32 Å². The molecule has 12 heteroatoms. The summed E-state index contributed by atoms with van der Waals surface area (Å²) in [4.78, 5) is 36.8. The zero-order chi connectivity index (χ0) is 25.7. The zero-order valence-corrected chi connectivity index (χ0v) is 20.3. The fraction of sp³-hybridized carbons (Fsp3) is 0.240. The van der Waals surface area contributed by atoms with Crippen LogP contribution in [0.5, 0.6) is 0 Å². The van der Waals surface area contributed by atoms with Gasteiger partial charge in [-0.25, -0.2) is 4.39 Å². The van der Waals surface area contributed by atoms with Gasteiger partial charge in [0.2, 0.25) is 11.8 Å². The molecule has 3 atom stereocenters. The number of hydrogen-bond donors (Lipinski definition) is 1. The molecule has 2 amide bonds. The summed E-state index contributed by atoms with van der Waals surface area (Å²) in [7, 11) is 0. The molecule has 37 heavy (non-hydrogen) atoms. The lowest BCUT2D eigenvalue weighted by atomic mass is 9.88. The Morgan fingerprint density at radius 2 is 1.97 bits per heavy atom. The molecule has 6 rings (SSSR count). The minimum absolute atomic E-state index is 0.00426. The summed E-state index contributed by atoms with van der Waals surface area (Å²) in [5, 5.41) is 14.0. The Morgan fingerprint density at radius 3 is 2.76 bits per heavy atom. The molecule has 4 heterocycles. The topological polar surface area (TPSA) is 119 Å². The molecule has 10 nitrogen and oxygen atoms in total. The fourth-order valence-corrected chi connectivity index (χ4v) is 5.39. The van der Waals surface area contributed by atoms with Crippen molar-refractivity contribution in [1.29, 1.82) is 0 Å². The number of halogens is 2. The van der Waals surface area contributed by atoms with E-state index in [1.807, 2.05) is 6.92 Å². The Labute approximate surface area is 215 Å². The first-order valence-corrected chi connectivity index (χ1v) is 12.0. The second kappa shape index (κ2) is 9.00. The van der Waals surface area contributed by atoms with Crippen LogP contribution in [0.4, 0.5) is 10.1 Å². The standard InChI is InChI=1S/C25H20ClFN8O2/c1-13-8-21(25(37)31-15-2-4-17-18(11-15)29-7-6-28-17)35-20(13)9-14(10-22(35)36)23-19(34-12-30-32-33-34)5-3-16(26)24(23)27/h2-7,10-13,20-21H,8-9H2,1H3,(H,31,37)/t13?,20?,21-/m0/s1. The number of nitrogens with zero attached hydrogens (tertiary/aromatic N) is 7. The Hall–Kier alpha value is -4.25. The molecule has 0 spiro atoms. The first-order chi connectivity index (χ1) is 17.9. The van der Waals surface area contributed by atoms with E-state index in [9.17, 15) is 9.59 Å². The molecule has 2 aromatic carbocycles. The normalized spacial score (nSPS) is 21.2. The van der Waals surface area contributed by atoms with Gasteiger partial charge in [0.05, 0.1) is 21.7 Å². The van der Waals surface area contributed by atoms with Gasteiger partial charge in [-0.05, 0) is 65.1 Å². The van der Waals surface area contributed by atoms with E-state index in [2.05, 4.69) is 30.8 Å². The molecule has 0 saturated carbocycles. The van der Waals surface area contributed by atoms with Crippen molar-refractivity contribution in [3.8, 4) is 5.69 Å². The average Bonchev–Trinajstić information content (AvgIpc) is 3.54. The van der Waals surface area contributed by atoms with E-state index in [0.717, 1.165) is 0 Å². The first kappa shape index (κ1) is 23.2. The third-order valence-electron chi connectivity index (χ3n) is 6.96. The fourth-order valence-electron chi connectivity index (χ4n) is 5.24. The largest absolute Gasteiger partial charge is 0.324 e. The van der Waals surface area contributed by atoms with Gasteiger partial charge < -0.3 is 10.2 Å². The zero-order valence-electron chi connectivity index (χ0n) is 19.5. The minimum atomic E-state index is -0.661. The molecule has 0 radical (unpaired) electrons. The second-order valence-electron chi connectivity index (χ2n) is 9.17. The molecule has 1 fully saturated rings. The van der Waals surface area contributed by atoms with Crippen LogP contribution in [0.3, 0.4) is 0 Å². The summed E-state index contributed by atoms with van der Waals surface area (Å²) in [6.07, 6.45) is 6.75. The maximum atomic E-state index is 15.3. The monoisotopic (exact) mass is 518 g/mol. The number of anilines is 1. The molecule has 2 unspecified atom stereocenters. The van der Waals surface area contributed by atoms with Crippen molar-refractivity contribution in [1.82, 2.24) is 35.1 Å². The van der Waals surface area contributed by atoms with Gasteiger partial charge in [0, 0.05) is 35.8 Å². The van der Waals surface area contributed by atoms with Crippen molar-refractivity contribution < 1.29 is 14.0 Å². The van der Waals surface area contributed by atoms with Crippen molar-refractivity contribution in [2.24, 2.45) is 5.92 Å². The summed E-state index contributed by atoms with van der Waals surface area (Å²) >= 11 is 6.10. The number of rotatable bonds is 4. The number of fused-ring (bicyclic) bond motifs is 2. The van der Waals surface area contributed by atoms with Crippen LogP contribution in [0.25, 0.3) is 22.3 Å². The Morgan fingerprint density at radius 1 is 1.16 bits per heavy atom. The van der Waals surface area contributed by atoms with Crippen LogP contribution >= 0.6 is 11.6 Å². The summed E-state index contributed by atoms with van der Waals surface area (Å²) < 4.78 is 16.6. The van der Waals surface area contributed by atoms with Crippen LogP contribution in [0.2, 0.25) is 5.02 Å². The van der Waals surface area contributed by atoms with Gasteiger partial charge in [-0.1, -0.05) is 18.5 Å². The maximum Gasteiger partial charge on any atom is 0.247 e. The van der Waals surface area contributed by atoms with Crippen molar-refractivity contribution in [3.05, 3.63) is 71.5 Å². The molecular weight excluding hydrogens is 499 g/mol. The second-order valence-corrected chi connectivity index (χ2v) is 9.58. The van der Waals surface area contributed by atoms with Crippen LogP contribution in [-0.2, 0) is 9.59 Å². The van der Waals surface area contributed by atoms with E-state index in [4.69, 9.17) is 11.6 Å². The van der Waals surface area contributed by atoms with Gasteiger partial charge in [-0.15, -0.1) is 5.10 Å². The Bertz CT molecular complexity index is 1570. The van der Waals surface area contributed by atoms with Gasteiger partial charge >= 0.3 is 0 Å². The molecular formula is C25H20ClFN8O2. The molecule has 2 aromatic heterocycles. The number of benzene rings is 2. The summed E-state index contributed by atoms with van der Waals surface area (Å²) in [5.41, 5.74) is 2.97. The van der Waals surface area contributed by atoms with Crippen LogP contribution in [0.15, 0.2) is 55.1 Å². The highest BCUT2D eigenvalue weighted by Crippen LogP contribution is 2.42. The highest BCUT2D eigenvalue weighted by molar-refractivity contribution is 6.31. The smallest absolute Gasteiger partial charge is 0.247 e. The summed E-state index contributed by atoms with van der Waals surface area (Å²) in [6, 6.07) is 7.36. The summed E-state index contributed by atoms with van der Waals surface area (Å²) in [5.74, 6) is -1.29. The van der Waals surface area contributed by atoms with Gasteiger partial charge in [0.15, 0.2) is 5.82 Å². The van der Waals surface area contributed by atoms with Crippen molar-refractivity contribution in [3.63, 3.8) is 0 Å². The molecule has 0 aliphatic carbocycles. The molecule has 186 valence electrons. The molecule has 0 bridgehead atoms. The van der Waals surface area contributed by atoms with E-state index in [1.54, 1.807) is 41.6 Å². The number of hydrogen-bond acceptors (Lipinski definition) is 7. The van der Waals surface area contributed by atoms with Crippen LogP contribution in [-0.4, -0.2) is 59.0 Å². The van der Waals surface area contributed by atoms with E-state index in [0.29, 0.717) is 40.8 Å². The number of aromatic nitrogens is 6. The molecule has 2 aliphatic heterocycles. The third-order valence-corrected chi connectivity index (χ3v) is 7.25. The quantitative estimate of drug-likeness (QED) is 0.439. The predicted octanol–water partition coefficient (Wildman–Crippen LogP) is 3.43. The Balaban J connectivity index is 1.30. The van der Waals surface area contributed by atoms with Gasteiger partial charge in [-0.3, -0.25) is 19.6 Å². The van der Waals surface area contributed by atoms with Crippen LogP contribution in [0.1, 0.15) is 25.3 Å². The third kappa shape index (κ3) is 4.01. The van der Waals surface area contributed by atoms with E-state index >= 15 is 4.39 Å². The number of tetrazole rings is 1. The number of carbonyl (C=O) groups excluding carboxylic acids is 2. The Kier molecular flexibility index (Phi) is 5.64. The number of amides is 2. The van der Waals surface area contributed by atoms with E-state index < -0.39 is 11.9 Å². The SMILES string of the molecule is CC1C[C@@H](C(=O)Nc2ccc3nccnc3c2)N2C(=O)C=C(c3c(-n4cnnn4)ccc(Cl)c3F)CC12. The van der Waals surface area contributed by atoms with Crippen LogP contribution in [0, 0.1) is 11.7 Å². The predicted molar refractivity (Wildman–Crippen MR) is 133 cm³/mol. The van der Waals surface area contributed by atoms with E-state index in [-0.39, 0.29) is 34.4 Å². The van der Waals surface area contributed by atoms with Crippen molar-refractivity contribution in [2.45, 2.75) is 31.8 Å². The average molecular weight is 519 g/mol. The van der Waals surface area contributed by atoms with Crippen molar-refractivity contribution >= 4 is 45.7 Å². The molecule has 1 N–H and O–H groups in total. The number of carbonyl (C=O) groups is 2. The molecule has 4 aromatic rings. The lowest BCUT2D eigenvalue weighted by Gasteiger charge is -2.34. The van der Waals surface area contributed by atoms with Gasteiger partial charge in [-0.2, -0.15) is 4.68 Å². The lowest BCUT2D eigenvalue weighted by Crippen LogP contribution is -2.48. The summed E-state index contributed by atoms with van der Waals surface area (Å²) in [6.45, 7) is 1.99. The first-order valence-electron chi connectivity index (χ1n) is 11.7. The molecule has 1 saturated heterocycles. The maximum absolute atomic E-state index is 15.3. The highest BCUT2D eigenvalue weighted by atomic mass is 35.5. The lowest BCUT2D eigenvalue weighted by molar-refractivity contribution is -0.135.